The van der Waals surface area contributed by atoms with Crippen LogP contribution in [0.15, 0.2) is 58.3 Å². The molecule has 1 amide bonds. The maximum absolute atomic E-state index is 13.7. The van der Waals surface area contributed by atoms with Gasteiger partial charge in [0.15, 0.2) is 0 Å². The van der Waals surface area contributed by atoms with E-state index in [2.05, 4.69) is 6.07 Å². The molecule has 0 saturated carbocycles. The number of thioether (sulfide) groups is 1. The van der Waals surface area contributed by atoms with Gasteiger partial charge in [0, 0.05) is 30.8 Å². The Bertz CT molecular complexity index is 1920. The van der Waals surface area contributed by atoms with Gasteiger partial charge in [-0.15, -0.1) is 11.3 Å². The first-order valence-corrected chi connectivity index (χ1v) is 15.3. The predicted molar refractivity (Wildman–Crippen MR) is 164 cm³/mol. The van der Waals surface area contributed by atoms with Crippen LogP contribution in [0.2, 0.25) is 5.02 Å². The number of thiazole rings is 2. The smallest absolute Gasteiger partial charge is 0.343 e. The maximum atomic E-state index is 13.7. The van der Waals surface area contributed by atoms with Gasteiger partial charge in [-0.2, -0.15) is 0 Å². The van der Waals surface area contributed by atoms with Crippen LogP contribution in [-0.2, 0) is 18.4 Å². The molecule has 0 unspecified atom stereocenters. The molecule has 6 rings (SSSR count). The number of aliphatic imine (C=N–C) groups is 1. The van der Waals surface area contributed by atoms with Gasteiger partial charge in [-0.3, -0.25) is 19.1 Å². The van der Waals surface area contributed by atoms with E-state index in [4.69, 9.17) is 16.6 Å². The molecular formula is C28H25ClN5O2S3+. The summed E-state index contributed by atoms with van der Waals surface area (Å²) < 4.78 is 6.01. The number of para-hydroxylation sites is 1. The number of nitrogens with zero attached hydrogens (tertiary/aromatic N) is 5. The van der Waals surface area contributed by atoms with Crippen molar-refractivity contribution in [2.75, 3.05) is 18.5 Å². The lowest BCUT2D eigenvalue weighted by atomic mass is 10.1. The number of amides is 1. The van der Waals surface area contributed by atoms with Gasteiger partial charge >= 0.3 is 5.13 Å². The minimum absolute atomic E-state index is 0.0921. The monoisotopic (exact) mass is 594 g/mol. The van der Waals surface area contributed by atoms with Crippen LogP contribution in [0.1, 0.15) is 19.4 Å². The average Bonchev–Trinajstić information content (AvgIpc) is 3.54. The highest BCUT2D eigenvalue weighted by molar-refractivity contribution is 8.23. The van der Waals surface area contributed by atoms with Crippen LogP contribution in [-0.4, -0.2) is 34.1 Å². The molecular weight excluding hydrogens is 570 g/mol. The number of hydrogen-bond donors (Lipinski definition) is 0. The van der Waals surface area contributed by atoms with E-state index >= 15 is 0 Å². The van der Waals surface area contributed by atoms with Crippen molar-refractivity contribution in [3.8, 4) is 0 Å². The summed E-state index contributed by atoms with van der Waals surface area (Å²) in [5.74, 6) is -0.133. The Morgan fingerprint density at radius 3 is 2.59 bits per heavy atom. The van der Waals surface area contributed by atoms with E-state index in [9.17, 15) is 9.59 Å². The van der Waals surface area contributed by atoms with Crippen LogP contribution in [0.5, 0.6) is 0 Å². The summed E-state index contributed by atoms with van der Waals surface area (Å²) in [7, 11) is 3.93. The number of halogens is 1. The fourth-order valence-corrected chi connectivity index (χ4v) is 8.63. The number of amidine groups is 1. The molecule has 0 radical (unpaired) electrons. The second-order valence-corrected chi connectivity index (χ2v) is 12.5. The Labute approximate surface area is 242 Å². The molecule has 2 aromatic heterocycles. The zero-order valence-electron chi connectivity index (χ0n) is 21.8. The summed E-state index contributed by atoms with van der Waals surface area (Å²) in [6.45, 7) is 4.80. The van der Waals surface area contributed by atoms with E-state index in [1.807, 2.05) is 86.0 Å². The zero-order chi connectivity index (χ0) is 27.4. The Hall–Kier alpha value is -3.18. The zero-order valence-corrected chi connectivity index (χ0v) is 25.0. The molecule has 0 N–H and O–H groups in total. The molecule has 7 nitrogen and oxygen atoms in total. The molecule has 4 aromatic rings. The number of aromatic nitrogens is 2. The van der Waals surface area contributed by atoms with Gasteiger partial charge < -0.3 is 4.90 Å². The number of rotatable bonds is 3. The topological polar surface area (TPSA) is 61.8 Å². The average molecular weight is 595 g/mol. The molecule has 1 fully saturated rings. The first kappa shape index (κ1) is 26.1. The maximum Gasteiger partial charge on any atom is 0.385 e. The number of hydrogen-bond acceptors (Lipinski definition) is 7. The van der Waals surface area contributed by atoms with E-state index in [1.54, 1.807) is 9.47 Å². The van der Waals surface area contributed by atoms with Crippen molar-refractivity contribution in [3.63, 3.8) is 0 Å². The number of carbonyl (C=O) groups excluding carboxylic acids is 1. The molecule has 11 heteroatoms. The SMILES string of the molecule is CCN1C(=O)/C(=c2/s/c(=C3/C=Cc4ccccc4N3C)c(=O)n2CC)S/C1=N\c1sc2cc(Cl)ccc2[n+]1C. The van der Waals surface area contributed by atoms with Gasteiger partial charge in [0.1, 0.15) is 19.6 Å². The standard InChI is InChI=1S/C28H25ClN5O2S3/c1-5-33-24(35)22(20-13-11-16-9-7-8-10-18(16)31(20)3)38-26(33)23-25(36)34(6-2)28(39-23)30-27-32(4)19-14-12-17(29)15-21(19)37-27/h7-15H,5-6H2,1-4H3/q+1/b22-20-,26-23-. The van der Waals surface area contributed by atoms with Crippen LogP contribution >= 0.6 is 46.0 Å². The van der Waals surface area contributed by atoms with Crippen LogP contribution < -0.4 is 24.2 Å². The summed E-state index contributed by atoms with van der Waals surface area (Å²) in [6.07, 6.45) is 4.01. The molecule has 0 atom stereocenters. The van der Waals surface area contributed by atoms with Crippen LogP contribution in [0, 0.1) is 0 Å². The third-order valence-corrected chi connectivity index (χ3v) is 10.6. The molecule has 0 aliphatic carbocycles. The molecule has 39 heavy (non-hydrogen) atoms. The molecule has 2 aromatic carbocycles. The summed E-state index contributed by atoms with van der Waals surface area (Å²) in [5, 5.41) is 2.04. The number of aryl methyl sites for hydroxylation is 1. The number of anilines is 1. The number of benzene rings is 2. The van der Waals surface area contributed by atoms with E-state index in [1.165, 1.54) is 34.4 Å². The van der Waals surface area contributed by atoms with Crippen molar-refractivity contribution >= 4 is 94.8 Å². The first-order chi connectivity index (χ1) is 18.8. The summed E-state index contributed by atoms with van der Waals surface area (Å²) in [4.78, 5) is 36.5. The summed E-state index contributed by atoms with van der Waals surface area (Å²) in [6, 6.07) is 13.8. The Morgan fingerprint density at radius 1 is 1.03 bits per heavy atom. The van der Waals surface area contributed by atoms with E-state index in [0.717, 1.165) is 32.3 Å². The molecule has 4 heterocycles. The van der Waals surface area contributed by atoms with Gasteiger partial charge in [0.2, 0.25) is 0 Å². The molecule has 198 valence electrons. The highest BCUT2D eigenvalue weighted by Gasteiger charge is 2.38. The van der Waals surface area contributed by atoms with Crippen molar-refractivity contribution in [1.29, 1.82) is 0 Å². The third kappa shape index (κ3) is 4.26. The molecule has 0 spiro atoms. The Kier molecular flexibility index (Phi) is 6.74. The highest BCUT2D eigenvalue weighted by Crippen LogP contribution is 2.35. The molecule has 2 aliphatic rings. The largest absolute Gasteiger partial charge is 0.385 e. The molecule has 1 saturated heterocycles. The van der Waals surface area contributed by atoms with Crippen molar-refractivity contribution in [1.82, 2.24) is 9.47 Å². The van der Waals surface area contributed by atoms with Crippen molar-refractivity contribution in [2.24, 2.45) is 12.0 Å². The van der Waals surface area contributed by atoms with Gasteiger partial charge in [-0.1, -0.05) is 35.9 Å². The number of likely N-dealkylation sites (N-methyl/N-ethyl adjacent to an activating group) is 1. The van der Waals surface area contributed by atoms with Gasteiger partial charge in [-0.25, -0.2) is 4.57 Å². The Balaban J connectivity index is 1.52. The van der Waals surface area contributed by atoms with Crippen LogP contribution in [0.3, 0.4) is 0 Å². The number of fused-ring (bicyclic) bond motifs is 2. The summed E-state index contributed by atoms with van der Waals surface area (Å²) >= 11 is 10.4. The van der Waals surface area contributed by atoms with Gasteiger partial charge in [-0.05, 0) is 77.8 Å². The van der Waals surface area contributed by atoms with Crippen LogP contribution in [0.25, 0.3) is 26.9 Å². The van der Waals surface area contributed by atoms with E-state index < -0.39 is 0 Å². The fourth-order valence-electron chi connectivity index (χ4n) is 4.79. The minimum Gasteiger partial charge on any atom is -0.343 e. The lowest BCUT2D eigenvalue weighted by Crippen LogP contribution is -2.36. The highest BCUT2D eigenvalue weighted by atomic mass is 35.5. The van der Waals surface area contributed by atoms with Crippen LogP contribution in [0.4, 0.5) is 10.8 Å². The lowest BCUT2D eigenvalue weighted by molar-refractivity contribution is -0.627. The Morgan fingerprint density at radius 2 is 1.82 bits per heavy atom. The second kappa shape index (κ2) is 10.1. The van der Waals surface area contributed by atoms with Gasteiger partial charge in [0.25, 0.3) is 16.6 Å². The minimum atomic E-state index is -0.133. The van der Waals surface area contributed by atoms with Crippen molar-refractivity contribution in [3.05, 3.63) is 78.7 Å². The molecule has 2 aliphatic heterocycles. The lowest BCUT2D eigenvalue weighted by Gasteiger charge is -2.25. The third-order valence-electron chi connectivity index (χ3n) is 6.85. The van der Waals surface area contributed by atoms with Crippen molar-refractivity contribution in [2.45, 2.75) is 20.4 Å². The second-order valence-electron chi connectivity index (χ2n) is 9.05. The van der Waals surface area contributed by atoms with Gasteiger partial charge in [0.05, 0.1) is 17.4 Å². The summed E-state index contributed by atoms with van der Waals surface area (Å²) in [5.41, 5.74) is 3.89. The van der Waals surface area contributed by atoms with E-state index in [0.29, 0.717) is 37.4 Å². The first-order valence-electron chi connectivity index (χ1n) is 12.5. The quantitative estimate of drug-likeness (QED) is 0.332. The number of carbonyl (C=O) groups is 1. The molecule has 0 bridgehead atoms. The van der Waals surface area contributed by atoms with Crippen molar-refractivity contribution < 1.29 is 9.36 Å². The normalized spacial score (nSPS) is 19.1. The van der Waals surface area contributed by atoms with E-state index in [-0.39, 0.29) is 11.5 Å². The predicted octanol–water partition coefficient (Wildman–Crippen LogP) is 4.28. The fraction of sp³-hybridized carbons (Fsp3) is 0.214.